The second-order valence-electron chi connectivity index (χ2n) is 13.3. The topological polar surface area (TPSA) is 63.1 Å². The first-order valence-electron chi connectivity index (χ1n) is 13.6. The number of allylic oxidation sites excluding steroid dienone is 2. The standard InChI is InChI=1S/C24H19N2S.C11H20O2.Ir/c1-24(2,3)17-11-8-16(9-12-17)21-23-22(26-14-25-21)20-18-7-5-4-6-15(18)10-13-19(20)27-23;1-10(2,3)8(12)7-9(13)11(4,5)6;/h4-8,10-14H,1-3H3;7,12H,1-6H3;/q-1;;/b;8-7-;. The minimum absolute atomic E-state index is 0. The average molecular weight is 744 g/mol. The van der Waals surface area contributed by atoms with Crippen LogP contribution in [0.5, 0.6) is 0 Å². The van der Waals surface area contributed by atoms with Crippen LogP contribution in [0.2, 0.25) is 0 Å². The van der Waals surface area contributed by atoms with Crippen LogP contribution in [-0.4, -0.2) is 20.9 Å². The zero-order valence-corrected chi connectivity index (χ0v) is 28.6. The maximum atomic E-state index is 11.5. The number of rotatable bonds is 2. The van der Waals surface area contributed by atoms with Crippen molar-refractivity contribution in [2.75, 3.05) is 0 Å². The minimum atomic E-state index is -0.417. The van der Waals surface area contributed by atoms with Gasteiger partial charge in [-0.1, -0.05) is 92.6 Å². The third kappa shape index (κ3) is 7.30. The van der Waals surface area contributed by atoms with Crippen molar-refractivity contribution in [3.05, 3.63) is 84.4 Å². The molecule has 0 amide bonds. The molecule has 5 aromatic rings. The molecule has 3 aromatic carbocycles. The fraction of sp³-hybridized carbons (Fsp3) is 0.343. The Labute approximate surface area is 261 Å². The van der Waals surface area contributed by atoms with Crippen LogP contribution >= 0.6 is 11.3 Å². The van der Waals surface area contributed by atoms with E-state index in [1.54, 1.807) is 17.7 Å². The number of nitrogens with zero attached hydrogens (tertiary/aromatic N) is 2. The predicted octanol–water partition coefficient (Wildman–Crippen LogP) is 9.85. The average Bonchev–Trinajstić information content (AvgIpc) is 3.27. The van der Waals surface area contributed by atoms with Gasteiger partial charge >= 0.3 is 0 Å². The van der Waals surface area contributed by atoms with Crippen LogP contribution in [0, 0.1) is 16.9 Å². The van der Waals surface area contributed by atoms with Crippen LogP contribution in [-0.2, 0) is 30.3 Å². The molecule has 0 atom stereocenters. The Balaban J connectivity index is 0.000000284. The van der Waals surface area contributed by atoms with Gasteiger partial charge in [0.2, 0.25) is 0 Å². The van der Waals surface area contributed by atoms with Gasteiger partial charge < -0.3 is 5.11 Å². The Morgan fingerprint density at radius 1 is 0.878 bits per heavy atom. The molecule has 0 fully saturated rings. The molecule has 1 radical (unpaired) electrons. The fourth-order valence-electron chi connectivity index (χ4n) is 4.13. The van der Waals surface area contributed by atoms with E-state index in [9.17, 15) is 9.90 Å². The molecule has 0 aliphatic heterocycles. The van der Waals surface area contributed by atoms with E-state index < -0.39 is 5.41 Å². The Kier molecular flexibility index (Phi) is 9.64. The number of aliphatic hydroxyl groups is 1. The molecule has 1 N–H and O–H groups in total. The third-order valence-electron chi connectivity index (χ3n) is 6.85. The van der Waals surface area contributed by atoms with Gasteiger partial charge in [-0.05, 0) is 22.3 Å². The van der Waals surface area contributed by atoms with E-state index in [-0.39, 0.29) is 42.5 Å². The first-order valence-corrected chi connectivity index (χ1v) is 14.4. The summed E-state index contributed by atoms with van der Waals surface area (Å²) in [4.78, 5) is 20.7. The molecule has 0 unspecified atom stereocenters. The van der Waals surface area contributed by atoms with Crippen molar-refractivity contribution < 1.29 is 30.0 Å². The molecular weight excluding hydrogens is 705 g/mol. The molecule has 5 rings (SSSR count). The van der Waals surface area contributed by atoms with E-state index in [1.165, 1.54) is 32.5 Å². The Hall–Kier alpha value is -2.92. The fourth-order valence-corrected chi connectivity index (χ4v) is 5.30. The molecule has 2 aromatic heterocycles. The monoisotopic (exact) mass is 744 g/mol. The van der Waals surface area contributed by atoms with Crippen molar-refractivity contribution in [1.82, 2.24) is 9.97 Å². The minimum Gasteiger partial charge on any atom is -0.512 e. The molecule has 0 aliphatic rings. The SMILES string of the molecule is CC(C)(C)C(=O)/C=C(\O)C(C)(C)C.CC(C)(C)c1c[c-]c(-c2ncnc3c2sc2ccc4ccccc4c23)cc1.[Ir]. The van der Waals surface area contributed by atoms with Crippen molar-refractivity contribution in [2.45, 2.75) is 67.7 Å². The first kappa shape index (κ1) is 32.6. The number of ketones is 1. The van der Waals surface area contributed by atoms with E-state index in [4.69, 9.17) is 0 Å². The maximum absolute atomic E-state index is 11.5. The quantitative estimate of drug-likeness (QED) is 0.111. The molecule has 4 nitrogen and oxygen atoms in total. The number of carbonyl (C=O) groups excluding carboxylic acids is 1. The van der Waals surface area contributed by atoms with E-state index >= 15 is 0 Å². The van der Waals surface area contributed by atoms with E-state index in [0.29, 0.717) is 0 Å². The summed E-state index contributed by atoms with van der Waals surface area (Å²) >= 11 is 1.76. The smallest absolute Gasteiger partial charge is 0.164 e. The van der Waals surface area contributed by atoms with Crippen LogP contribution < -0.4 is 0 Å². The van der Waals surface area contributed by atoms with Crippen molar-refractivity contribution in [1.29, 1.82) is 0 Å². The van der Waals surface area contributed by atoms with Gasteiger partial charge in [-0.3, -0.25) is 9.78 Å². The summed E-state index contributed by atoms with van der Waals surface area (Å²) in [6.07, 6.45) is 3.01. The zero-order valence-electron chi connectivity index (χ0n) is 25.3. The Morgan fingerprint density at radius 2 is 1.56 bits per heavy atom. The molecule has 0 spiro atoms. The van der Waals surface area contributed by atoms with Gasteiger partial charge in [-0.15, -0.1) is 46.7 Å². The van der Waals surface area contributed by atoms with Gasteiger partial charge in [-0.25, -0.2) is 4.98 Å². The van der Waals surface area contributed by atoms with Gasteiger partial charge in [0.15, 0.2) is 5.78 Å². The van der Waals surface area contributed by atoms with Gasteiger partial charge in [0.1, 0.15) is 12.1 Å². The van der Waals surface area contributed by atoms with Gasteiger partial charge in [0, 0.05) is 57.5 Å². The number of hydrogen-bond acceptors (Lipinski definition) is 5. The Bertz CT molecular complexity index is 1710. The summed E-state index contributed by atoms with van der Waals surface area (Å²) < 4.78 is 2.38. The maximum Gasteiger partial charge on any atom is 0.164 e. The molecule has 217 valence electrons. The van der Waals surface area contributed by atoms with Crippen LogP contribution in [0.25, 0.3) is 42.3 Å². The summed E-state index contributed by atoms with van der Waals surface area (Å²) in [5, 5.41) is 13.3. The largest absolute Gasteiger partial charge is 0.512 e. The van der Waals surface area contributed by atoms with Gasteiger partial charge in [0.05, 0.1) is 5.52 Å². The molecule has 0 saturated heterocycles. The number of benzene rings is 3. The number of fused-ring (bicyclic) bond motifs is 5. The number of thiophene rings is 1. The summed E-state index contributed by atoms with van der Waals surface area (Å²) in [7, 11) is 0. The van der Waals surface area contributed by atoms with Crippen molar-refractivity contribution in [3.8, 4) is 11.3 Å². The van der Waals surface area contributed by atoms with Crippen LogP contribution in [0.15, 0.2) is 72.8 Å². The van der Waals surface area contributed by atoms with Crippen molar-refractivity contribution in [3.63, 3.8) is 0 Å². The van der Waals surface area contributed by atoms with E-state index in [2.05, 4.69) is 91.4 Å². The molecule has 6 heteroatoms. The molecular formula is C35H39IrN2O2S-. The molecule has 2 heterocycles. The molecule has 0 saturated carbocycles. The zero-order chi connectivity index (χ0) is 29.5. The summed E-state index contributed by atoms with van der Waals surface area (Å²) in [5.41, 5.74) is 3.65. The molecule has 41 heavy (non-hydrogen) atoms. The number of hydrogen-bond donors (Lipinski definition) is 1. The Morgan fingerprint density at radius 3 is 2.15 bits per heavy atom. The summed E-state index contributed by atoms with van der Waals surface area (Å²) in [5.74, 6) is 0.104. The van der Waals surface area contributed by atoms with Crippen LogP contribution in [0.4, 0.5) is 0 Å². The normalized spacial score (nSPS) is 12.7. The second-order valence-corrected chi connectivity index (χ2v) is 14.3. The van der Waals surface area contributed by atoms with Crippen molar-refractivity contribution >= 4 is 48.2 Å². The van der Waals surface area contributed by atoms with Crippen LogP contribution in [0.3, 0.4) is 0 Å². The number of carbonyl (C=O) groups is 1. The van der Waals surface area contributed by atoms with Crippen LogP contribution in [0.1, 0.15) is 67.9 Å². The number of aliphatic hydroxyl groups excluding tert-OH is 1. The predicted molar refractivity (Wildman–Crippen MR) is 170 cm³/mol. The molecule has 0 aliphatic carbocycles. The first-order chi connectivity index (χ1) is 18.6. The summed E-state index contributed by atoms with van der Waals surface area (Å²) in [6.45, 7) is 17.8. The number of aromatic nitrogens is 2. The van der Waals surface area contributed by atoms with Crippen molar-refractivity contribution in [2.24, 2.45) is 10.8 Å². The molecule has 0 bridgehead atoms. The van der Waals surface area contributed by atoms with E-state index in [0.717, 1.165) is 21.5 Å². The van der Waals surface area contributed by atoms with E-state index in [1.807, 2.05) is 41.5 Å². The third-order valence-corrected chi connectivity index (χ3v) is 8.00. The second kappa shape index (κ2) is 12.1. The van der Waals surface area contributed by atoms with Gasteiger partial charge in [0.25, 0.3) is 0 Å². The van der Waals surface area contributed by atoms with Gasteiger partial charge in [-0.2, -0.15) is 0 Å². The summed E-state index contributed by atoms with van der Waals surface area (Å²) in [6, 6.07) is 22.7.